The predicted molar refractivity (Wildman–Crippen MR) is 133 cm³/mol. The molecule has 0 radical (unpaired) electrons. The number of aliphatic carboxylic acids is 1. The minimum Gasteiger partial charge on any atom is -0.481 e. The minimum absolute atomic E-state index is 0.0280. The van der Waals surface area contributed by atoms with Crippen molar-refractivity contribution >= 4 is 18.0 Å². The van der Waals surface area contributed by atoms with Gasteiger partial charge in [0.05, 0.1) is 5.92 Å². The van der Waals surface area contributed by atoms with Crippen LogP contribution in [0.2, 0.25) is 0 Å². The van der Waals surface area contributed by atoms with E-state index in [9.17, 15) is 19.5 Å². The topological polar surface area (TPSA) is 105 Å². The molecule has 0 bridgehead atoms. The van der Waals surface area contributed by atoms with Crippen LogP contribution in [0.3, 0.4) is 0 Å². The Morgan fingerprint density at radius 3 is 2.23 bits per heavy atom. The van der Waals surface area contributed by atoms with Gasteiger partial charge in [-0.25, -0.2) is 4.79 Å². The van der Waals surface area contributed by atoms with Crippen LogP contribution in [0, 0.1) is 5.92 Å². The van der Waals surface area contributed by atoms with Gasteiger partial charge in [-0.05, 0) is 41.5 Å². The Balaban J connectivity index is 1.31. The zero-order valence-corrected chi connectivity index (χ0v) is 20.2. The number of alkyl carbamates (subject to hydrolysis) is 1. The van der Waals surface area contributed by atoms with Crippen LogP contribution >= 0.6 is 0 Å². The first-order valence-electron chi connectivity index (χ1n) is 12.6. The van der Waals surface area contributed by atoms with Gasteiger partial charge in [-0.3, -0.25) is 9.59 Å². The Kier molecular flexibility index (Phi) is 8.06. The average Bonchev–Trinajstić information content (AvgIpc) is 2.98. The molecule has 0 saturated heterocycles. The van der Waals surface area contributed by atoms with Gasteiger partial charge in [-0.1, -0.05) is 74.7 Å². The van der Waals surface area contributed by atoms with Crippen LogP contribution in [0.4, 0.5) is 4.79 Å². The third-order valence-electron chi connectivity index (χ3n) is 7.27. The lowest BCUT2D eigenvalue weighted by Crippen LogP contribution is -2.45. The molecular weight excluding hydrogens is 444 g/mol. The zero-order valence-electron chi connectivity index (χ0n) is 20.2. The number of benzene rings is 2. The Labute approximate surface area is 206 Å². The maximum Gasteiger partial charge on any atom is 0.407 e. The van der Waals surface area contributed by atoms with Crippen LogP contribution in [-0.4, -0.2) is 41.8 Å². The molecule has 4 rings (SSSR count). The number of carbonyl (C=O) groups excluding carboxylic acids is 2. The molecule has 7 nitrogen and oxygen atoms in total. The van der Waals surface area contributed by atoms with Crippen molar-refractivity contribution in [3.8, 4) is 11.1 Å². The van der Waals surface area contributed by atoms with Gasteiger partial charge in [-0.15, -0.1) is 0 Å². The van der Waals surface area contributed by atoms with E-state index < -0.39 is 18.0 Å². The van der Waals surface area contributed by atoms with Crippen LogP contribution in [0.15, 0.2) is 48.5 Å². The van der Waals surface area contributed by atoms with E-state index in [4.69, 9.17) is 4.74 Å². The molecule has 2 aromatic rings. The summed E-state index contributed by atoms with van der Waals surface area (Å²) in [6, 6.07) is 15.6. The lowest BCUT2D eigenvalue weighted by Gasteiger charge is -2.24. The highest BCUT2D eigenvalue weighted by Crippen LogP contribution is 2.44. The Morgan fingerprint density at radius 2 is 1.60 bits per heavy atom. The van der Waals surface area contributed by atoms with E-state index in [2.05, 4.69) is 34.9 Å². The molecule has 0 heterocycles. The first-order chi connectivity index (χ1) is 17.0. The summed E-state index contributed by atoms with van der Waals surface area (Å²) < 4.78 is 5.61. The number of carbonyl (C=O) groups is 3. The fourth-order valence-electron chi connectivity index (χ4n) is 5.37. The van der Waals surface area contributed by atoms with Crippen molar-refractivity contribution in [3.63, 3.8) is 0 Å². The second kappa shape index (κ2) is 11.4. The van der Waals surface area contributed by atoms with Gasteiger partial charge in [-0.2, -0.15) is 0 Å². The van der Waals surface area contributed by atoms with Crippen molar-refractivity contribution in [1.29, 1.82) is 0 Å². The van der Waals surface area contributed by atoms with Gasteiger partial charge in [0.1, 0.15) is 6.61 Å². The smallest absolute Gasteiger partial charge is 0.407 e. The monoisotopic (exact) mass is 478 g/mol. The molecule has 2 aliphatic carbocycles. The molecule has 2 amide bonds. The van der Waals surface area contributed by atoms with Crippen LogP contribution in [0.5, 0.6) is 0 Å². The van der Waals surface area contributed by atoms with Gasteiger partial charge >= 0.3 is 12.1 Å². The normalized spacial score (nSPS) is 20.1. The number of fused-ring (bicyclic) bond motifs is 3. The van der Waals surface area contributed by atoms with Crippen molar-refractivity contribution < 1.29 is 24.2 Å². The number of nitrogens with one attached hydrogen (secondary N) is 2. The summed E-state index contributed by atoms with van der Waals surface area (Å²) in [6.07, 6.45) is 4.10. The second-order valence-electron chi connectivity index (χ2n) is 9.54. The Hall–Kier alpha value is -3.35. The van der Waals surface area contributed by atoms with Crippen molar-refractivity contribution in [2.24, 2.45) is 5.92 Å². The SMILES string of the molecule is CC[C@H](CC(=O)NC1CCCCCC1C(=O)O)NC(=O)OCC1c2ccccc2-c2ccccc21. The van der Waals surface area contributed by atoms with Crippen LogP contribution in [0.25, 0.3) is 11.1 Å². The van der Waals surface area contributed by atoms with Gasteiger partial charge in [0.25, 0.3) is 0 Å². The summed E-state index contributed by atoms with van der Waals surface area (Å²) in [7, 11) is 0. The molecule has 1 fully saturated rings. The lowest BCUT2D eigenvalue weighted by molar-refractivity contribution is -0.143. The molecule has 3 N–H and O–H groups in total. The van der Waals surface area contributed by atoms with Crippen molar-refractivity contribution in [2.75, 3.05) is 6.61 Å². The predicted octanol–water partition coefficient (Wildman–Crippen LogP) is 4.84. The van der Waals surface area contributed by atoms with Gasteiger partial charge < -0.3 is 20.5 Å². The summed E-state index contributed by atoms with van der Waals surface area (Å²) in [4.78, 5) is 36.9. The molecule has 0 aromatic heterocycles. The van der Waals surface area contributed by atoms with Crippen molar-refractivity contribution in [1.82, 2.24) is 10.6 Å². The molecule has 1 saturated carbocycles. The highest BCUT2D eigenvalue weighted by atomic mass is 16.5. The maximum absolute atomic E-state index is 12.7. The highest BCUT2D eigenvalue weighted by molar-refractivity contribution is 5.80. The van der Waals surface area contributed by atoms with E-state index in [1.807, 2.05) is 31.2 Å². The number of hydrogen-bond donors (Lipinski definition) is 3. The van der Waals surface area contributed by atoms with Gasteiger partial charge in [0.15, 0.2) is 0 Å². The molecule has 3 atom stereocenters. The third kappa shape index (κ3) is 5.84. The molecule has 2 aromatic carbocycles. The fraction of sp³-hybridized carbons (Fsp3) is 0.464. The first kappa shape index (κ1) is 24.8. The van der Waals surface area contributed by atoms with Crippen LogP contribution < -0.4 is 10.6 Å². The number of carboxylic acids is 1. The van der Waals surface area contributed by atoms with Gasteiger partial charge in [0.2, 0.25) is 5.91 Å². The van der Waals surface area contributed by atoms with E-state index in [-0.39, 0.29) is 36.9 Å². The molecule has 2 unspecified atom stereocenters. The van der Waals surface area contributed by atoms with E-state index >= 15 is 0 Å². The van der Waals surface area contributed by atoms with E-state index in [1.54, 1.807) is 0 Å². The third-order valence-corrected chi connectivity index (χ3v) is 7.27. The van der Waals surface area contributed by atoms with Crippen LogP contribution in [0.1, 0.15) is 68.9 Å². The largest absolute Gasteiger partial charge is 0.481 e. The molecule has 0 spiro atoms. The molecule has 2 aliphatic rings. The van der Waals surface area contributed by atoms with Crippen molar-refractivity contribution in [3.05, 3.63) is 59.7 Å². The number of carboxylic acid groups (broad SMARTS) is 1. The minimum atomic E-state index is -0.860. The summed E-state index contributed by atoms with van der Waals surface area (Å²) in [6.45, 7) is 2.11. The summed E-state index contributed by atoms with van der Waals surface area (Å²) in [5, 5.41) is 15.3. The second-order valence-corrected chi connectivity index (χ2v) is 9.54. The molecule has 7 heteroatoms. The summed E-state index contributed by atoms with van der Waals surface area (Å²) >= 11 is 0. The number of ether oxygens (including phenoxy) is 1. The Morgan fingerprint density at radius 1 is 0.971 bits per heavy atom. The number of rotatable bonds is 8. The highest BCUT2D eigenvalue weighted by Gasteiger charge is 2.32. The van der Waals surface area contributed by atoms with E-state index in [1.165, 1.54) is 11.1 Å². The standard InChI is InChI=1S/C28H34N2O5/c1-2-18(16-26(31)30-25-15-5-3-4-14-23(25)27(32)33)29-28(34)35-17-24-21-12-8-6-10-19(21)20-11-7-9-13-22(20)24/h6-13,18,23-25H,2-5,14-17H2,1H3,(H,29,34)(H,30,31)(H,32,33)/t18-,23?,25?/m1/s1. The zero-order chi connectivity index (χ0) is 24.8. The van der Waals surface area contributed by atoms with Gasteiger partial charge in [0, 0.05) is 24.4 Å². The number of hydrogen-bond acceptors (Lipinski definition) is 4. The van der Waals surface area contributed by atoms with Crippen molar-refractivity contribution in [2.45, 2.75) is 69.9 Å². The molecular formula is C28H34N2O5. The molecule has 0 aliphatic heterocycles. The summed E-state index contributed by atoms with van der Waals surface area (Å²) in [5.41, 5.74) is 4.62. The molecule has 186 valence electrons. The lowest BCUT2D eigenvalue weighted by atomic mass is 9.94. The number of amides is 2. The maximum atomic E-state index is 12.7. The molecule has 35 heavy (non-hydrogen) atoms. The average molecular weight is 479 g/mol. The van der Waals surface area contributed by atoms with E-state index in [0.717, 1.165) is 30.4 Å². The Bertz CT molecular complexity index is 1020. The van der Waals surface area contributed by atoms with Crippen LogP contribution in [-0.2, 0) is 14.3 Å². The quantitative estimate of drug-likeness (QED) is 0.471. The summed E-state index contributed by atoms with van der Waals surface area (Å²) in [5.74, 6) is -1.69. The fourth-order valence-corrected chi connectivity index (χ4v) is 5.37. The van der Waals surface area contributed by atoms with E-state index in [0.29, 0.717) is 19.3 Å². The first-order valence-corrected chi connectivity index (χ1v) is 12.6.